The molecule has 0 unspecified atom stereocenters. The first-order chi connectivity index (χ1) is 7.85. The van der Waals surface area contributed by atoms with Crippen LogP contribution in [0.1, 0.15) is 33.6 Å². The van der Waals surface area contributed by atoms with E-state index in [1.165, 1.54) is 0 Å². The van der Waals surface area contributed by atoms with Crippen LogP contribution in [0.5, 0.6) is 0 Å². The van der Waals surface area contributed by atoms with Gasteiger partial charge in [0.1, 0.15) is 0 Å². The van der Waals surface area contributed by atoms with E-state index in [4.69, 9.17) is 22.7 Å². The van der Waals surface area contributed by atoms with Crippen molar-refractivity contribution in [2.75, 3.05) is 26.8 Å². The second-order valence-corrected chi connectivity index (χ2v) is 5.26. The molecule has 0 radical (unpaired) electrons. The van der Waals surface area contributed by atoms with Crippen LogP contribution in [0, 0.1) is 5.41 Å². The van der Waals surface area contributed by atoms with Gasteiger partial charge in [0.25, 0.3) is 0 Å². The first-order valence-electron chi connectivity index (χ1n) is 5.91. The van der Waals surface area contributed by atoms with Crippen molar-refractivity contribution in [3.63, 3.8) is 0 Å². The third-order valence-electron chi connectivity index (χ3n) is 2.94. The standard InChI is InChI=1S/C12H24N2O2S/c1-5-12(2,3)11(15)14(8-9-16-4)7-6-10(13)17/h5-9H2,1-4H3,(H2,13,17). The topological polar surface area (TPSA) is 55.6 Å². The van der Waals surface area contributed by atoms with Crippen LogP contribution >= 0.6 is 12.2 Å². The first kappa shape index (κ1) is 16.3. The highest BCUT2D eigenvalue weighted by Gasteiger charge is 2.29. The molecule has 0 aliphatic rings. The Morgan fingerprint density at radius 3 is 2.41 bits per heavy atom. The van der Waals surface area contributed by atoms with Gasteiger partial charge < -0.3 is 15.4 Å². The molecule has 0 aliphatic heterocycles. The van der Waals surface area contributed by atoms with E-state index >= 15 is 0 Å². The number of amides is 1. The Bertz CT molecular complexity index is 267. The molecule has 0 spiro atoms. The molecule has 0 bridgehead atoms. The van der Waals surface area contributed by atoms with Crippen molar-refractivity contribution < 1.29 is 9.53 Å². The minimum Gasteiger partial charge on any atom is -0.393 e. The van der Waals surface area contributed by atoms with Gasteiger partial charge in [0.2, 0.25) is 5.91 Å². The average Bonchev–Trinajstić information content (AvgIpc) is 2.28. The number of nitrogens with zero attached hydrogens (tertiary/aromatic N) is 1. The van der Waals surface area contributed by atoms with Crippen molar-refractivity contribution in [2.24, 2.45) is 11.1 Å². The number of methoxy groups -OCH3 is 1. The molecule has 100 valence electrons. The molecule has 0 heterocycles. The summed E-state index contributed by atoms with van der Waals surface area (Å²) >= 11 is 4.84. The van der Waals surface area contributed by atoms with E-state index in [9.17, 15) is 4.79 Å². The lowest BCUT2D eigenvalue weighted by Crippen LogP contribution is -2.43. The molecule has 4 nitrogen and oxygen atoms in total. The molecule has 0 aromatic carbocycles. The molecular weight excluding hydrogens is 236 g/mol. The number of carbonyl (C=O) groups is 1. The molecule has 0 aromatic heterocycles. The van der Waals surface area contributed by atoms with Crippen molar-refractivity contribution in [1.29, 1.82) is 0 Å². The van der Waals surface area contributed by atoms with Gasteiger partial charge in [-0.2, -0.15) is 0 Å². The molecule has 0 atom stereocenters. The molecular formula is C12H24N2O2S. The Morgan fingerprint density at radius 1 is 1.41 bits per heavy atom. The highest BCUT2D eigenvalue weighted by atomic mass is 32.1. The summed E-state index contributed by atoms with van der Waals surface area (Å²) in [6.45, 7) is 7.61. The van der Waals surface area contributed by atoms with Gasteiger partial charge in [0.15, 0.2) is 0 Å². The summed E-state index contributed by atoms with van der Waals surface area (Å²) in [7, 11) is 1.63. The molecule has 2 N–H and O–H groups in total. The summed E-state index contributed by atoms with van der Waals surface area (Å²) < 4.78 is 5.02. The van der Waals surface area contributed by atoms with Gasteiger partial charge in [-0.25, -0.2) is 0 Å². The Kier molecular flexibility index (Phi) is 7.30. The molecule has 17 heavy (non-hydrogen) atoms. The highest BCUT2D eigenvalue weighted by molar-refractivity contribution is 7.80. The molecule has 0 fully saturated rings. The number of hydrogen-bond acceptors (Lipinski definition) is 3. The van der Waals surface area contributed by atoms with Crippen LogP contribution in [0.3, 0.4) is 0 Å². The summed E-state index contributed by atoms with van der Waals surface area (Å²) in [6, 6.07) is 0. The van der Waals surface area contributed by atoms with Crippen LogP contribution < -0.4 is 5.73 Å². The third-order valence-corrected chi connectivity index (χ3v) is 3.15. The fourth-order valence-electron chi connectivity index (χ4n) is 1.34. The van der Waals surface area contributed by atoms with Gasteiger partial charge in [-0.05, 0) is 6.42 Å². The van der Waals surface area contributed by atoms with Gasteiger partial charge in [0, 0.05) is 32.0 Å². The van der Waals surface area contributed by atoms with Crippen molar-refractivity contribution in [3.8, 4) is 0 Å². The Labute approximate surface area is 109 Å². The van der Waals surface area contributed by atoms with Crippen LogP contribution in [-0.2, 0) is 9.53 Å². The fraction of sp³-hybridized carbons (Fsp3) is 0.833. The molecule has 5 heteroatoms. The minimum absolute atomic E-state index is 0.133. The van der Waals surface area contributed by atoms with E-state index in [-0.39, 0.29) is 11.3 Å². The number of nitrogens with two attached hydrogens (primary N) is 1. The second-order valence-electron chi connectivity index (χ2n) is 4.74. The van der Waals surface area contributed by atoms with Crippen molar-refractivity contribution in [2.45, 2.75) is 33.6 Å². The predicted molar refractivity (Wildman–Crippen MR) is 73.9 cm³/mol. The molecule has 0 saturated carbocycles. The maximum Gasteiger partial charge on any atom is 0.228 e. The summed E-state index contributed by atoms with van der Waals surface area (Å²) in [5, 5.41) is 0. The number of carbonyl (C=O) groups excluding carboxylic acids is 1. The summed E-state index contributed by atoms with van der Waals surface area (Å²) in [6.07, 6.45) is 1.37. The number of rotatable bonds is 8. The van der Waals surface area contributed by atoms with Crippen molar-refractivity contribution >= 4 is 23.1 Å². The lowest BCUT2D eigenvalue weighted by atomic mass is 9.88. The van der Waals surface area contributed by atoms with E-state index in [1.54, 1.807) is 12.0 Å². The predicted octanol–water partition coefficient (Wildman–Crippen LogP) is 1.57. The largest absolute Gasteiger partial charge is 0.393 e. The Hall–Kier alpha value is -0.680. The van der Waals surface area contributed by atoms with Gasteiger partial charge >= 0.3 is 0 Å². The average molecular weight is 260 g/mol. The van der Waals surface area contributed by atoms with Crippen LogP contribution in [0.25, 0.3) is 0 Å². The summed E-state index contributed by atoms with van der Waals surface area (Å²) in [4.78, 5) is 14.5. The third kappa shape index (κ3) is 5.98. The first-order valence-corrected chi connectivity index (χ1v) is 6.32. The smallest absolute Gasteiger partial charge is 0.228 e. The zero-order chi connectivity index (χ0) is 13.5. The maximum absolute atomic E-state index is 12.3. The van der Waals surface area contributed by atoms with Crippen LogP contribution in [0.2, 0.25) is 0 Å². The lowest BCUT2D eigenvalue weighted by Gasteiger charge is -2.31. The minimum atomic E-state index is -0.343. The van der Waals surface area contributed by atoms with E-state index in [2.05, 4.69) is 0 Å². The van der Waals surface area contributed by atoms with Crippen molar-refractivity contribution in [3.05, 3.63) is 0 Å². The fourth-order valence-corrected chi connectivity index (χ4v) is 1.43. The summed E-state index contributed by atoms with van der Waals surface area (Å²) in [5.74, 6) is 0.133. The van der Waals surface area contributed by atoms with E-state index in [0.717, 1.165) is 6.42 Å². The van der Waals surface area contributed by atoms with Crippen LogP contribution in [0.15, 0.2) is 0 Å². The van der Waals surface area contributed by atoms with Crippen LogP contribution in [-0.4, -0.2) is 42.6 Å². The van der Waals surface area contributed by atoms with Gasteiger partial charge in [-0.1, -0.05) is 33.0 Å². The molecule has 0 rings (SSSR count). The zero-order valence-corrected chi connectivity index (χ0v) is 12.1. The SMILES string of the molecule is CCC(C)(C)C(=O)N(CCOC)CCC(N)=S. The van der Waals surface area contributed by atoms with Crippen molar-refractivity contribution in [1.82, 2.24) is 4.90 Å². The van der Waals surface area contributed by atoms with E-state index in [0.29, 0.717) is 31.1 Å². The molecule has 0 aliphatic carbocycles. The monoisotopic (exact) mass is 260 g/mol. The highest BCUT2D eigenvalue weighted by Crippen LogP contribution is 2.23. The lowest BCUT2D eigenvalue weighted by molar-refractivity contribution is -0.141. The Morgan fingerprint density at radius 2 is 2.00 bits per heavy atom. The van der Waals surface area contributed by atoms with Gasteiger partial charge in [-0.15, -0.1) is 0 Å². The summed E-state index contributed by atoms with van der Waals surface area (Å²) in [5.41, 5.74) is 5.13. The van der Waals surface area contributed by atoms with Gasteiger partial charge in [-0.3, -0.25) is 4.79 Å². The molecule has 0 aromatic rings. The van der Waals surface area contributed by atoms with Gasteiger partial charge in [0.05, 0.1) is 11.6 Å². The molecule has 1 amide bonds. The quantitative estimate of drug-likeness (QED) is 0.673. The zero-order valence-electron chi connectivity index (χ0n) is 11.3. The maximum atomic E-state index is 12.3. The van der Waals surface area contributed by atoms with E-state index < -0.39 is 0 Å². The van der Waals surface area contributed by atoms with E-state index in [1.807, 2.05) is 20.8 Å². The molecule has 0 saturated heterocycles. The second kappa shape index (κ2) is 7.61. The normalized spacial score (nSPS) is 11.3. The number of thiocarbonyl (C=S) groups is 1. The Balaban J connectivity index is 4.55. The number of ether oxygens (including phenoxy) is 1. The number of hydrogen-bond donors (Lipinski definition) is 1. The van der Waals surface area contributed by atoms with Crippen LogP contribution in [0.4, 0.5) is 0 Å².